The van der Waals surface area contributed by atoms with Crippen LogP contribution in [0.15, 0.2) is 54.6 Å². The van der Waals surface area contributed by atoms with Crippen LogP contribution in [0.5, 0.6) is 0 Å². The fraction of sp³-hybridized carbons (Fsp3) is 0.464. The number of nitrogens with one attached hydrogen (secondary N) is 3. The minimum absolute atomic E-state index is 0.153. The third kappa shape index (κ3) is 8.26. The van der Waals surface area contributed by atoms with Crippen molar-refractivity contribution in [3.63, 3.8) is 0 Å². The van der Waals surface area contributed by atoms with Gasteiger partial charge in [-0.25, -0.2) is 9.18 Å². The molecule has 1 aliphatic heterocycles. The average Bonchev–Trinajstić information content (AvgIpc) is 2.91. The van der Waals surface area contributed by atoms with Crippen LogP contribution in [0.2, 0.25) is 0 Å². The second kappa shape index (κ2) is 13.9. The number of likely N-dealkylation sites (N-methyl/N-ethyl adjacent to an activating group) is 1. The topological polar surface area (TPSA) is 103 Å². The van der Waals surface area contributed by atoms with Gasteiger partial charge in [0.05, 0.1) is 12.6 Å². The van der Waals surface area contributed by atoms with Gasteiger partial charge in [-0.2, -0.15) is 0 Å². The molecule has 3 N–H and O–H groups in total. The van der Waals surface area contributed by atoms with Crippen molar-refractivity contribution in [3.8, 4) is 0 Å². The minimum Gasteiger partial charge on any atom is -0.424 e. The Morgan fingerprint density at radius 3 is 2.32 bits per heavy atom. The van der Waals surface area contributed by atoms with Gasteiger partial charge in [-0.1, -0.05) is 56.3 Å². The first kappa shape index (κ1) is 29.1. The molecule has 0 saturated carbocycles. The lowest BCUT2D eigenvalue weighted by molar-refractivity contribution is -0.153. The zero-order valence-electron chi connectivity index (χ0n) is 22.4. The molecule has 0 aliphatic carbocycles. The molecule has 0 radical (unpaired) electrons. The number of amides is 3. The highest BCUT2D eigenvalue weighted by Crippen LogP contribution is 2.18. The van der Waals surface area contributed by atoms with E-state index >= 15 is 0 Å². The molecule has 3 amide bonds. The van der Waals surface area contributed by atoms with Crippen LogP contribution in [0.4, 0.5) is 9.18 Å². The lowest BCUT2D eigenvalue weighted by Gasteiger charge is -2.42. The van der Waals surface area contributed by atoms with E-state index in [1.54, 1.807) is 26.1 Å². The lowest BCUT2D eigenvalue weighted by Crippen LogP contribution is -2.62. The number of benzene rings is 2. The Morgan fingerprint density at radius 1 is 1.00 bits per heavy atom. The number of carbonyl (C=O) groups is 3. The molecule has 0 unspecified atom stereocenters. The van der Waals surface area contributed by atoms with E-state index in [0.717, 1.165) is 5.56 Å². The van der Waals surface area contributed by atoms with Crippen LogP contribution in [0.3, 0.4) is 0 Å². The van der Waals surface area contributed by atoms with Crippen LogP contribution >= 0.6 is 0 Å². The van der Waals surface area contributed by atoms with E-state index in [1.165, 1.54) is 17.0 Å². The number of hydrogen-bond donors (Lipinski definition) is 3. The molecule has 10 heteroatoms. The summed E-state index contributed by atoms with van der Waals surface area (Å²) in [7, 11) is 1.68. The number of carbonyl (C=O) groups excluding carboxylic acids is 3. The van der Waals surface area contributed by atoms with Crippen LogP contribution in [-0.4, -0.2) is 72.7 Å². The number of ether oxygens (including phenoxy) is 1. The van der Waals surface area contributed by atoms with Gasteiger partial charge in [0.25, 0.3) is 0 Å². The van der Waals surface area contributed by atoms with Crippen LogP contribution in [0, 0.1) is 11.7 Å². The molecule has 1 saturated heterocycles. The fourth-order valence-corrected chi connectivity index (χ4v) is 4.19. The summed E-state index contributed by atoms with van der Waals surface area (Å²) in [5, 5.41) is 8.41. The maximum absolute atomic E-state index is 13.7. The molecular weight excluding hydrogens is 489 g/mol. The van der Waals surface area contributed by atoms with Crippen molar-refractivity contribution in [2.75, 3.05) is 26.7 Å². The van der Waals surface area contributed by atoms with Gasteiger partial charge in [-0.3, -0.25) is 14.5 Å². The van der Waals surface area contributed by atoms with Crippen molar-refractivity contribution in [1.82, 2.24) is 25.8 Å². The van der Waals surface area contributed by atoms with E-state index in [2.05, 4.69) is 20.9 Å². The largest absolute Gasteiger partial charge is 0.424 e. The summed E-state index contributed by atoms with van der Waals surface area (Å²) in [5.74, 6) is -1.11. The molecule has 206 valence electrons. The second-order valence-electron chi connectivity index (χ2n) is 9.83. The van der Waals surface area contributed by atoms with Crippen molar-refractivity contribution < 1.29 is 23.5 Å². The van der Waals surface area contributed by atoms with Gasteiger partial charge in [0.1, 0.15) is 11.9 Å². The molecule has 3 rings (SSSR count). The van der Waals surface area contributed by atoms with Gasteiger partial charge in [0.15, 0.2) is 6.23 Å². The summed E-state index contributed by atoms with van der Waals surface area (Å²) in [4.78, 5) is 42.7. The van der Waals surface area contributed by atoms with E-state index in [4.69, 9.17) is 4.74 Å². The lowest BCUT2D eigenvalue weighted by atomic mass is 10.0. The standard InChI is InChI=1S/C28H38FN5O4/c1-19(2)25(32-26(35)20(3)30-4)27(36)34-15-14-33(17-22-8-6-5-7-9-22)18-24(34)38-28(37)31-16-21-10-12-23(29)13-11-21/h5-13,19-20,24-25,30H,14-18H2,1-4H3,(H,31,37)(H,32,35)/t20-,24-,25-/m0/s1. The number of hydrogen-bond acceptors (Lipinski definition) is 6. The van der Waals surface area contributed by atoms with Crippen LogP contribution < -0.4 is 16.0 Å². The SMILES string of the molecule is CN[C@@H](C)C(=O)N[C@H](C(=O)N1CCN(Cc2ccccc2)C[C@@H]1OC(=O)NCc1ccc(F)cc1)C(C)C. The molecule has 1 heterocycles. The zero-order valence-corrected chi connectivity index (χ0v) is 22.4. The number of nitrogens with zero attached hydrogens (tertiary/aromatic N) is 2. The van der Waals surface area contributed by atoms with Crippen LogP contribution in [0.1, 0.15) is 31.9 Å². The van der Waals surface area contributed by atoms with Gasteiger partial charge in [-0.05, 0) is 43.1 Å². The van der Waals surface area contributed by atoms with Gasteiger partial charge < -0.3 is 25.6 Å². The molecule has 2 aromatic rings. The van der Waals surface area contributed by atoms with Crippen LogP contribution in [-0.2, 0) is 27.4 Å². The highest BCUT2D eigenvalue weighted by molar-refractivity contribution is 5.90. The number of halogens is 1. The third-order valence-electron chi connectivity index (χ3n) is 6.60. The normalized spacial score (nSPS) is 17.5. The number of piperazine rings is 1. The Hall–Kier alpha value is -3.50. The average molecular weight is 528 g/mol. The molecule has 1 aliphatic rings. The van der Waals surface area contributed by atoms with Gasteiger partial charge in [-0.15, -0.1) is 0 Å². The summed E-state index contributed by atoms with van der Waals surface area (Å²) < 4.78 is 18.9. The predicted molar refractivity (Wildman–Crippen MR) is 142 cm³/mol. The van der Waals surface area contributed by atoms with E-state index in [9.17, 15) is 18.8 Å². The quantitative estimate of drug-likeness (QED) is 0.439. The highest BCUT2D eigenvalue weighted by Gasteiger charge is 2.38. The van der Waals surface area contributed by atoms with E-state index in [-0.39, 0.29) is 30.1 Å². The van der Waals surface area contributed by atoms with Crippen molar-refractivity contribution in [3.05, 3.63) is 71.5 Å². The smallest absolute Gasteiger partial charge is 0.409 e. The first-order valence-corrected chi connectivity index (χ1v) is 12.9. The van der Waals surface area contributed by atoms with E-state index < -0.39 is 24.4 Å². The third-order valence-corrected chi connectivity index (χ3v) is 6.60. The molecule has 3 atom stereocenters. The summed E-state index contributed by atoms with van der Waals surface area (Å²) in [6.45, 7) is 7.48. The van der Waals surface area contributed by atoms with Crippen molar-refractivity contribution in [2.45, 2.75) is 52.2 Å². The molecule has 1 fully saturated rings. The van der Waals surface area contributed by atoms with E-state index in [0.29, 0.717) is 31.7 Å². The Morgan fingerprint density at radius 2 is 1.68 bits per heavy atom. The van der Waals surface area contributed by atoms with Crippen molar-refractivity contribution in [2.24, 2.45) is 5.92 Å². The second-order valence-corrected chi connectivity index (χ2v) is 9.83. The molecule has 0 bridgehead atoms. The van der Waals surface area contributed by atoms with Crippen LogP contribution in [0.25, 0.3) is 0 Å². The van der Waals surface area contributed by atoms with Crippen molar-refractivity contribution in [1.29, 1.82) is 0 Å². The Labute approximate surface area is 223 Å². The summed E-state index contributed by atoms with van der Waals surface area (Å²) in [6, 6.07) is 14.5. The Kier molecular flexibility index (Phi) is 10.6. The zero-order chi connectivity index (χ0) is 27.7. The monoisotopic (exact) mass is 527 g/mol. The summed E-state index contributed by atoms with van der Waals surface area (Å²) in [6.07, 6.45) is -1.54. The Bertz CT molecular complexity index is 1070. The summed E-state index contributed by atoms with van der Waals surface area (Å²) in [5.41, 5.74) is 1.83. The number of alkyl carbamates (subject to hydrolysis) is 1. The van der Waals surface area contributed by atoms with Crippen molar-refractivity contribution >= 4 is 17.9 Å². The first-order valence-electron chi connectivity index (χ1n) is 12.9. The highest BCUT2D eigenvalue weighted by atomic mass is 19.1. The molecule has 0 aromatic heterocycles. The fourth-order valence-electron chi connectivity index (χ4n) is 4.19. The molecule has 9 nitrogen and oxygen atoms in total. The maximum atomic E-state index is 13.7. The predicted octanol–water partition coefficient (Wildman–Crippen LogP) is 2.47. The molecule has 38 heavy (non-hydrogen) atoms. The van der Waals surface area contributed by atoms with Gasteiger partial charge >= 0.3 is 6.09 Å². The molecular formula is C28H38FN5O4. The van der Waals surface area contributed by atoms with Gasteiger partial charge in [0.2, 0.25) is 11.8 Å². The minimum atomic E-state index is -0.854. The molecule has 2 aromatic carbocycles. The number of rotatable bonds is 10. The van der Waals surface area contributed by atoms with Gasteiger partial charge in [0, 0.05) is 26.2 Å². The summed E-state index contributed by atoms with van der Waals surface area (Å²) >= 11 is 0. The molecule has 0 spiro atoms. The Balaban J connectivity index is 1.73. The first-order chi connectivity index (χ1) is 18.2. The van der Waals surface area contributed by atoms with E-state index in [1.807, 2.05) is 44.2 Å². The maximum Gasteiger partial charge on any atom is 0.409 e.